The fourth-order valence-corrected chi connectivity index (χ4v) is 1.93. The van der Waals surface area contributed by atoms with E-state index < -0.39 is 29.7 Å². The molecule has 0 saturated heterocycles. The second-order valence-corrected chi connectivity index (χ2v) is 6.22. The molecule has 1 rings (SSSR count). The van der Waals surface area contributed by atoms with Gasteiger partial charge in [0, 0.05) is 25.1 Å². The zero-order valence-electron chi connectivity index (χ0n) is 14.8. The Labute approximate surface area is 141 Å². The van der Waals surface area contributed by atoms with E-state index in [1.807, 2.05) is 0 Å². The highest BCUT2D eigenvalue weighted by Gasteiger charge is 2.19. The molecule has 1 amide bonds. The first-order valence-corrected chi connectivity index (χ1v) is 7.47. The molecule has 0 heterocycles. The summed E-state index contributed by atoms with van der Waals surface area (Å²) in [6.07, 6.45) is -1.27. The largest absolute Gasteiger partial charge is 0.458 e. The van der Waals surface area contributed by atoms with E-state index in [-0.39, 0.29) is 5.75 Å². The minimum Gasteiger partial charge on any atom is -0.458 e. The van der Waals surface area contributed by atoms with Gasteiger partial charge < -0.3 is 14.2 Å². The fourth-order valence-electron chi connectivity index (χ4n) is 1.93. The number of benzene rings is 1. The molecule has 0 aliphatic heterocycles. The predicted molar refractivity (Wildman–Crippen MR) is 87.8 cm³/mol. The minimum absolute atomic E-state index is 0.256. The number of hydrogen-bond donors (Lipinski definition) is 1. The van der Waals surface area contributed by atoms with Crippen LogP contribution in [0.3, 0.4) is 0 Å². The zero-order valence-corrected chi connectivity index (χ0v) is 14.8. The average Bonchev–Trinajstić information content (AvgIpc) is 2.36. The van der Waals surface area contributed by atoms with Crippen LogP contribution in [0.5, 0.6) is 5.75 Å². The van der Waals surface area contributed by atoms with Crippen molar-refractivity contribution >= 4 is 23.7 Å². The van der Waals surface area contributed by atoms with Crippen LogP contribution in [-0.4, -0.2) is 23.6 Å². The van der Waals surface area contributed by atoms with Gasteiger partial charge in [-0.3, -0.25) is 14.9 Å². The lowest BCUT2D eigenvalue weighted by atomic mass is 10.1. The summed E-state index contributed by atoms with van der Waals surface area (Å²) < 4.78 is 15.4. The Kier molecular flexibility index (Phi) is 6.34. The Hall–Kier alpha value is -2.57. The first kappa shape index (κ1) is 19.5. The predicted octanol–water partition coefficient (Wildman–Crippen LogP) is 3.58. The summed E-state index contributed by atoms with van der Waals surface area (Å²) in [6, 6.07) is 4.64. The van der Waals surface area contributed by atoms with Crippen molar-refractivity contribution in [3.63, 3.8) is 0 Å². The van der Waals surface area contributed by atoms with Gasteiger partial charge in [-0.2, -0.15) is 0 Å². The molecule has 7 nitrogen and oxygen atoms in total. The van der Waals surface area contributed by atoms with E-state index in [2.05, 4.69) is 5.32 Å². The van der Waals surface area contributed by atoms with Gasteiger partial charge in [0.05, 0.1) is 0 Å². The van der Waals surface area contributed by atoms with Crippen molar-refractivity contribution in [1.29, 1.82) is 0 Å². The summed E-state index contributed by atoms with van der Waals surface area (Å²) in [4.78, 5) is 34.2. The van der Waals surface area contributed by atoms with E-state index >= 15 is 0 Å². The number of nitrogens with one attached hydrogen (secondary N) is 1. The SMILES string of the molecule is CC(=O)Oc1ccc(NC(=O)OC(C)(C)C)cc1C(C)OC(C)=O. The minimum atomic E-state index is -0.655. The Morgan fingerprint density at radius 2 is 1.71 bits per heavy atom. The standard InChI is InChI=1S/C17H23NO6/c1-10(22-11(2)19)14-9-13(7-8-15(14)23-12(3)20)18-16(21)24-17(4,5)6/h7-10H,1-6H3,(H,18,21). The number of esters is 2. The molecule has 7 heteroatoms. The highest BCUT2D eigenvalue weighted by Crippen LogP contribution is 2.31. The van der Waals surface area contributed by atoms with Gasteiger partial charge in [0.25, 0.3) is 0 Å². The second-order valence-electron chi connectivity index (χ2n) is 6.22. The van der Waals surface area contributed by atoms with Gasteiger partial charge in [-0.25, -0.2) is 4.79 Å². The van der Waals surface area contributed by atoms with Gasteiger partial charge in [-0.1, -0.05) is 0 Å². The van der Waals surface area contributed by atoms with Crippen molar-refractivity contribution < 1.29 is 28.6 Å². The zero-order chi connectivity index (χ0) is 18.5. The third-order valence-electron chi connectivity index (χ3n) is 2.69. The molecule has 1 unspecified atom stereocenters. The molecule has 0 aliphatic carbocycles. The van der Waals surface area contributed by atoms with E-state index in [1.54, 1.807) is 39.8 Å². The maximum absolute atomic E-state index is 11.8. The average molecular weight is 337 g/mol. The first-order chi connectivity index (χ1) is 11.0. The normalized spacial score (nSPS) is 12.1. The van der Waals surface area contributed by atoms with Gasteiger partial charge in [0.15, 0.2) is 0 Å². The monoisotopic (exact) mass is 337 g/mol. The van der Waals surface area contributed by atoms with Gasteiger partial charge in [-0.05, 0) is 45.9 Å². The van der Waals surface area contributed by atoms with Crippen LogP contribution in [0.4, 0.5) is 10.5 Å². The van der Waals surface area contributed by atoms with Crippen LogP contribution in [0, 0.1) is 0 Å². The molecular weight excluding hydrogens is 314 g/mol. The van der Waals surface area contributed by atoms with Crippen molar-refractivity contribution in [3.05, 3.63) is 23.8 Å². The van der Waals surface area contributed by atoms with Gasteiger partial charge in [-0.15, -0.1) is 0 Å². The van der Waals surface area contributed by atoms with Crippen LogP contribution in [0.15, 0.2) is 18.2 Å². The van der Waals surface area contributed by atoms with Gasteiger partial charge in [0.2, 0.25) is 0 Å². The van der Waals surface area contributed by atoms with E-state index in [0.717, 1.165) is 0 Å². The summed E-state index contributed by atoms with van der Waals surface area (Å²) in [5.41, 5.74) is 0.249. The van der Waals surface area contributed by atoms with Gasteiger partial charge >= 0.3 is 18.0 Å². The number of hydrogen-bond acceptors (Lipinski definition) is 6. The summed E-state index contributed by atoms with van der Waals surface area (Å²) >= 11 is 0. The molecule has 0 radical (unpaired) electrons. The number of amides is 1. The van der Waals surface area contributed by atoms with Crippen molar-refractivity contribution in [1.82, 2.24) is 0 Å². The summed E-state index contributed by atoms with van der Waals surface area (Å²) in [5.74, 6) is -0.716. The van der Waals surface area contributed by atoms with Crippen molar-refractivity contribution in [3.8, 4) is 5.75 Å². The quantitative estimate of drug-likeness (QED) is 0.667. The van der Waals surface area contributed by atoms with Crippen LogP contribution in [-0.2, 0) is 19.1 Å². The molecule has 0 bridgehead atoms. The molecule has 1 N–H and O–H groups in total. The van der Waals surface area contributed by atoms with Crippen LogP contribution in [0.2, 0.25) is 0 Å². The Balaban J connectivity index is 3.06. The van der Waals surface area contributed by atoms with Crippen LogP contribution >= 0.6 is 0 Å². The molecule has 132 valence electrons. The van der Waals surface area contributed by atoms with Crippen molar-refractivity contribution in [2.75, 3.05) is 5.32 Å². The highest BCUT2D eigenvalue weighted by atomic mass is 16.6. The van der Waals surface area contributed by atoms with Crippen molar-refractivity contribution in [2.45, 2.75) is 53.2 Å². The summed E-state index contributed by atoms with van der Waals surface area (Å²) in [5, 5.41) is 2.59. The molecular formula is C17H23NO6. The Morgan fingerprint density at radius 3 is 2.21 bits per heavy atom. The number of anilines is 1. The molecule has 0 aliphatic rings. The lowest BCUT2D eigenvalue weighted by Crippen LogP contribution is -2.27. The van der Waals surface area contributed by atoms with Gasteiger partial charge in [0.1, 0.15) is 17.5 Å². The summed E-state index contributed by atoms with van der Waals surface area (Å²) in [7, 11) is 0. The lowest BCUT2D eigenvalue weighted by molar-refractivity contribution is -0.145. The third-order valence-corrected chi connectivity index (χ3v) is 2.69. The maximum Gasteiger partial charge on any atom is 0.412 e. The lowest BCUT2D eigenvalue weighted by Gasteiger charge is -2.21. The number of carbonyl (C=O) groups is 3. The molecule has 0 fully saturated rings. The molecule has 0 saturated carbocycles. The molecule has 0 spiro atoms. The molecule has 1 aromatic carbocycles. The van der Waals surface area contributed by atoms with Crippen LogP contribution in [0.1, 0.15) is 53.2 Å². The first-order valence-electron chi connectivity index (χ1n) is 7.47. The summed E-state index contributed by atoms with van der Waals surface area (Å²) in [6.45, 7) is 9.46. The topological polar surface area (TPSA) is 90.9 Å². The van der Waals surface area contributed by atoms with E-state index in [4.69, 9.17) is 14.2 Å². The Bertz CT molecular complexity index is 632. The van der Waals surface area contributed by atoms with Crippen LogP contribution < -0.4 is 10.1 Å². The fraction of sp³-hybridized carbons (Fsp3) is 0.471. The molecule has 1 aromatic rings. The van der Waals surface area contributed by atoms with E-state index in [9.17, 15) is 14.4 Å². The highest BCUT2D eigenvalue weighted by molar-refractivity contribution is 5.85. The van der Waals surface area contributed by atoms with Crippen LogP contribution in [0.25, 0.3) is 0 Å². The smallest absolute Gasteiger partial charge is 0.412 e. The Morgan fingerprint density at radius 1 is 1.08 bits per heavy atom. The molecule has 24 heavy (non-hydrogen) atoms. The van der Waals surface area contributed by atoms with E-state index in [1.165, 1.54) is 19.9 Å². The second kappa shape index (κ2) is 7.81. The van der Waals surface area contributed by atoms with Crippen molar-refractivity contribution in [2.24, 2.45) is 0 Å². The number of rotatable bonds is 4. The van der Waals surface area contributed by atoms with E-state index in [0.29, 0.717) is 11.3 Å². The third kappa shape index (κ3) is 6.68. The molecule has 0 aromatic heterocycles. The number of carbonyl (C=O) groups excluding carboxylic acids is 3. The molecule has 1 atom stereocenters. The maximum atomic E-state index is 11.8. The number of ether oxygens (including phenoxy) is 3.